The molecule has 2 bridgehead atoms. The number of carbonyl (C=O) groups excluding carboxylic acids is 1. The number of anilines is 1. The first-order valence-corrected chi connectivity index (χ1v) is 11.5. The van der Waals surface area contributed by atoms with Gasteiger partial charge in [-0.2, -0.15) is 11.8 Å². The normalized spacial score (nSPS) is 28.5. The summed E-state index contributed by atoms with van der Waals surface area (Å²) in [5.74, 6) is 2.98. The van der Waals surface area contributed by atoms with Crippen LogP contribution in [0.3, 0.4) is 0 Å². The van der Waals surface area contributed by atoms with Crippen molar-refractivity contribution < 1.29 is 4.79 Å². The van der Waals surface area contributed by atoms with Gasteiger partial charge in [0, 0.05) is 54.1 Å². The smallest absolute Gasteiger partial charge is 0.271 e. The zero-order valence-corrected chi connectivity index (χ0v) is 16.5. The van der Waals surface area contributed by atoms with E-state index in [2.05, 4.69) is 31.5 Å². The lowest BCUT2D eigenvalue weighted by atomic mass is 9.84. The summed E-state index contributed by atoms with van der Waals surface area (Å²) >= 11 is 3.67. The molecule has 1 N–H and O–H groups in total. The molecule has 6 heterocycles. The molecular formula is C19H24N4OS2. The van der Waals surface area contributed by atoms with Crippen molar-refractivity contribution in [3.63, 3.8) is 0 Å². The van der Waals surface area contributed by atoms with Crippen LogP contribution in [-0.2, 0) is 0 Å². The number of hydrogen-bond donors (Lipinski definition) is 1. The molecule has 0 aliphatic carbocycles. The molecule has 4 saturated heterocycles. The molecule has 0 aromatic carbocycles. The van der Waals surface area contributed by atoms with Crippen LogP contribution in [0.15, 0.2) is 17.6 Å². The summed E-state index contributed by atoms with van der Waals surface area (Å²) in [5.41, 5.74) is 1.87. The fraction of sp³-hybridized carbons (Fsp3) is 0.579. The summed E-state index contributed by atoms with van der Waals surface area (Å²) in [4.78, 5) is 22.4. The van der Waals surface area contributed by atoms with Crippen LogP contribution in [0.2, 0.25) is 0 Å². The molecule has 5 nitrogen and oxygen atoms in total. The number of nitrogens with one attached hydrogen (secondary N) is 1. The highest BCUT2D eigenvalue weighted by atomic mass is 32.2. The number of carbonyl (C=O) groups is 1. The Bertz CT molecular complexity index is 809. The van der Waals surface area contributed by atoms with Gasteiger partial charge in [-0.3, -0.25) is 4.79 Å². The van der Waals surface area contributed by atoms with E-state index < -0.39 is 0 Å². The van der Waals surface area contributed by atoms with Crippen LogP contribution in [0.1, 0.15) is 23.3 Å². The van der Waals surface area contributed by atoms with Crippen LogP contribution in [0.5, 0.6) is 0 Å². The molecule has 1 atom stereocenters. The fourth-order valence-electron chi connectivity index (χ4n) is 4.52. The Hall–Kier alpha value is -1.31. The van der Waals surface area contributed by atoms with Crippen LogP contribution in [0, 0.1) is 5.92 Å². The second-order valence-corrected chi connectivity index (χ2v) is 9.58. The number of fused-ring (bicyclic) bond motifs is 4. The Kier molecular flexibility index (Phi) is 4.54. The Morgan fingerprint density at radius 1 is 1.19 bits per heavy atom. The molecule has 2 aromatic rings. The van der Waals surface area contributed by atoms with Crippen LogP contribution in [0.25, 0.3) is 10.1 Å². The molecule has 0 saturated carbocycles. The van der Waals surface area contributed by atoms with Crippen molar-refractivity contribution in [3.8, 4) is 0 Å². The lowest BCUT2D eigenvalue weighted by Gasteiger charge is -2.44. The molecule has 0 radical (unpaired) electrons. The second-order valence-electron chi connectivity index (χ2n) is 7.47. The number of nitrogens with zero attached hydrogens (tertiary/aromatic N) is 3. The maximum Gasteiger partial charge on any atom is 0.271 e. The monoisotopic (exact) mass is 388 g/mol. The number of rotatable bonds is 3. The molecule has 138 valence electrons. The predicted molar refractivity (Wildman–Crippen MR) is 110 cm³/mol. The number of hydrogen-bond acceptors (Lipinski definition) is 6. The van der Waals surface area contributed by atoms with Gasteiger partial charge in [-0.25, -0.2) is 4.98 Å². The Balaban J connectivity index is 1.40. The summed E-state index contributed by atoms with van der Waals surface area (Å²) in [6.07, 6.45) is 4.21. The summed E-state index contributed by atoms with van der Waals surface area (Å²) in [5, 5.41) is 6.67. The van der Waals surface area contributed by atoms with E-state index in [9.17, 15) is 4.79 Å². The molecular weight excluding hydrogens is 364 g/mol. The van der Waals surface area contributed by atoms with Gasteiger partial charge in [0.1, 0.15) is 5.69 Å². The largest absolute Gasteiger partial charge is 0.369 e. The van der Waals surface area contributed by atoms with Gasteiger partial charge < -0.3 is 15.1 Å². The first-order valence-electron chi connectivity index (χ1n) is 9.52. The van der Waals surface area contributed by atoms with Crippen molar-refractivity contribution in [1.82, 2.24) is 15.2 Å². The first-order chi connectivity index (χ1) is 12.8. The highest BCUT2D eigenvalue weighted by molar-refractivity contribution is 7.99. The fourth-order valence-corrected chi connectivity index (χ4v) is 6.49. The first kappa shape index (κ1) is 16.8. The summed E-state index contributed by atoms with van der Waals surface area (Å²) in [6, 6.07) is 2.34. The maximum absolute atomic E-state index is 13.0. The van der Waals surface area contributed by atoms with E-state index in [-0.39, 0.29) is 11.9 Å². The van der Waals surface area contributed by atoms with E-state index in [1.165, 1.54) is 48.5 Å². The Morgan fingerprint density at radius 2 is 2.00 bits per heavy atom. The van der Waals surface area contributed by atoms with Gasteiger partial charge in [0.2, 0.25) is 0 Å². The molecule has 0 spiro atoms. The molecule has 26 heavy (non-hydrogen) atoms. The number of thiophene rings is 1. The Morgan fingerprint density at radius 3 is 2.73 bits per heavy atom. The predicted octanol–water partition coefficient (Wildman–Crippen LogP) is 2.67. The average Bonchev–Trinajstić information content (AvgIpc) is 3.14. The van der Waals surface area contributed by atoms with Crippen molar-refractivity contribution in [2.45, 2.75) is 18.9 Å². The minimum atomic E-state index is -0.00282. The summed E-state index contributed by atoms with van der Waals surface area (Å²) in [7, 11) is 0. The average molecular weight is 389 g/mol. The van der Waals surface area contributed by atoms with E-state index in [1.54, 1.807) is 17.5 Å². The van der Waals surface area contributed by atoms with Crippen LogP contribution in [0.4, 0.5) is 5.69 Å². The quantitative estimate of drug-likeness (QED) is 0.876. The number of thioether (sulfide) groups is 1. The van der Waals surface area contributed by atoms with Crippen molar-refractivity contribution in [2.75, 3.05) is 49.1 Å². The van der Waals surface area contributed by atoms with E-state index in [0.717, 1.165) is 24.3 Å². The third kappa shape index (κ3) is 3.00. The third-order valence-corrected chi connectivity index (χ3v) is 7.94. The zero-order chi connectivity index (χ0) is 17.5. The zero-order valence-electron chi connectivity index (χ0n) is 14.8. The Labute approximate surface area is 162 Å². The lowest BCUT2D eigenvalue weighted by molar-refractivity contribution is 0.0619. The number of aromatic nitrogens is 1. The van der Waals surface area contributed by atoms with Crippen molar-refractivity contribution in [2.24, 2.45) is 5.92 Å². The van der Waals surface area contributed by atoms with E-state index >= 15 is 0 Å². The van der Waals surface area contributed by atoms with E-state index in [0.29, 0.717) is 11.6 Å². The number of piperidine rings is 3. The molecule has 2 aromatic heterocycles. The highest BCUT2D eigenvalue weighted by Crippen LogP contribution is 2.36. The summed E-state index contributed by atoms with van der Waals surface area (Å²) in [6.45, 7) is 5.54. The third-order valence-electron chi connectivity index (χ3n) is 6.01. The molecule has 4 aliphatic rings. The molecule has 4 fully saturated rings. The number of amides is 1. The maximum atomic E-state index is 13.0. The molecule has 0 unspecified atom stereocenters. The van der Waals surface area contributed by atoms with Crippen LogP contribution in [-0.4, -0.2) is 66.1 Å². The van der Waals surface area contributed by atoms with E-state index in [1.807, 2.05) is 11.8 Å². The van der Waals surface area contributed by atoms with Crippen LogP contribution >= 0.6 is 23.1 Å². The molecule has 6 rings (SSSR count). The van der Waals surface area contributed by atoms with Gasteiger partial charge in [-0.1, -0.05) is 0 Å². The van der Waals surface area contributed by atoms with Crippen molar-refractivity contribution in [1.29, 1.82) is 0 Å². The second kappa shape index (κ2) is 7.02. The van der Waals surface area contributed by atoms with Gasteiger partial charge in [0.25, 0.3) is 5.91 Å². The molecule has 1 amide bonds. The van der Waals surface area contributed by atoms with Gasteiger partial charge in [-0.05, 0) is 37.9 Å². The summed E-state index contributed by atoms with van der Waals surface area (Å²) < 4.78 is 1.03. The topological polar surface area (TPSA) is 48.5 Å². The molecule has 4 aliphatic heterocycles. The van der Waals surface area contributed by atoms with Gasteiger partial charge in [-0.15, -0.1) is 11.3 Å². The van der Waals surface area contributed by atoms with Crippen LogP contribution < -0.4 is 10.2 Å². The van der Waals surface area contributed by atoms with Gasteiger partial charge >= 0.3 is 0 Å². The standard InChI is InChI=1S/C19H24N4OS2/c24-19(21-15-11-22-5-2-13(15)3-6-22)17-18-14(1-4-20-17)16(12-26-18)23-7-9-25-10-8-23/h1,4,12-13,15H,2-3,5-11H2,(H,21,24)/t15-/m0/s1. The lowest BCUT2D eigenvalue weighted by Crippen LogP contribution is -2.57. The molecule has 7 heteroatoms. The van der Waals surface area contributed by atoms with Gasteiger partial charge in [0.15, 0.2) is 0 Å². The van der Waals surface area contributed by atoms with Crippen molar-refractivity contribution >= 4 is 44.8 Å². The van der Waals surface area contributed by atoms with Crippen molar-refractivity contribution in [3.05, 3.63) is 23.3 Å². The minimum absolute atomic E-state index is 0.00282. The minimum Gasteiger partial charge on any atom is -0.369 e. The SMILES string of the molecule is O=C(N[C@H]1CN2CCC1CC2)c1nccc2c(N3CCSCC3)csc12. The van der Waals surface area contributed by atoms with Gasteiger partial charge in [0.05, 0.1) is 10.4 Å². The van der Waals surface area contributed by atoms with E-state index in [4.69, 9.17) is 0 Å². The highest BCUT2D eigenvalue weighted by Gasteiger charge is 2.35. The number of pyridine rings is 1.